The second-order valence-electron chi connectivity index (χ2n) is 5.05. The van der Waals surface area contributed by atoms with Crippen molar-refractivity contribution >= 4 is 17.8 Å². The number of hydrogen-bond acceptors (Lipinski definition) is 3. The smallest absolute Gasteiger partial charge is 0.434 e. The lowest BCUT2D eigenvalue weighted by atomic mass is 9.99. The third-order valence-electron chi connectivity index (χ3n) is 1.87. The van der Waals surface area contributed by atoms with Crippen molar-refractivity contribution in [2.75, 3.05) is 19.1 Å². The second-order valence-corrected chi connectivity index (χ2v) is 5.43. The molecule has 0 radical (unpaired) electrons. The van der Waals surface area contributed by atoms with Crippen molar-refractivity contribution < 1.29 is 14.3 Å². The summed E-state index contributed by atoms with van der Waals surface area (Å²) >= 11 is 5.54. The lowest BCUT2D eigenvalue weighted by Gasteiger charge is -2.17. The predicted molar refractivity (Wildman–Crippen MR) is 65.9 cm³/mol. The van der Waals surface area contributed by atoms with E-state index in [2.05, 4.69) is 0 Å². The topological polar surface area (TPSA) is 35.5 Å². The Hall–Kier alpha value is -0.440. The second kappa shape index (κ2) is 8.68. The quantitative estimate of drug-likeness (QED) is 0.389. The Balaban J connectivity index is 3.31. The van der Waals surface area contributed by atoms with Crippen LogP contribution in [-0.4, -0.2) is 25.2 Å². The SMILES string of the molecule is CC(C)(C)COC(=O)OCCCCCCCl. The fourth-order valence-corrected chi connectivity index (χ4v) is 1.21. The van der Waals surface area contributed by atoms with Crippen LogP contribution in [-0.2, 0) is 9.47 Å². The summed E-state index contributed by atoms with van der Waals surface area (Å²) in [5, 5.41) is 0. The van der Waals surface area contributed by atoms with Gasteiger partial charge in [0.2, 0.25) is 0 Å². The molecule has 0 aromatic carbocycles. The number of halogens is 1. The zero-order valence-electron chi connectivity index (χ0n) is 10.6. The highest BCUT2D eigenvalue weighted by molar-refractivity contribution is 6.17. The van der Waals surface area contributed by atoms with Gasteiger partial charge in [-0.1, -0.05) is 33.6 Å². The first kappa shape index (κ1) is 15.6. The number of alkyl halides is 1. The summed E-state index contributed by atoms with van der Waals surface area (Å²) in [6.45, 7) is 6.84. The first-order valence-corrected chi connectivity index (χ1v) is 6.35. The molecule has 4 heteroatoms. The maximum Gasteiger partial charge on any atom is 0.508 e. The molecule has 0 aliphatic heterocycles. The molecule has 16 heavy (non-hydrogen) atoms. The van der Waals surface area contributed by atoms with E-state index in [0.717, 1.165) is 25.7 Å². The van der Waals surface area contributed by atoms with E-state index in [1.165, 1.54) is 0 Å². The largest absolute Gasteiger partial charge is 0.508 e. The summed E-state index contributed by atoms with van der Waals surface area (Å²) in [5.41, 5.74) is -0.0145. The van der Waals surface area contributed by atoms with Crippen molar-refractivity contribution in [3.05, 3.63) is 0 Å². The van der Waals surface area contributed by atoms with E-state index < -0.39 is 6.16 Å². The average Bonchev–Trinajstić information content (AvgIpc) is 2.19. The molecular weight excluding hydrogens is 228 g/mol. The van der Waals surface area contributed by atoms with Crippen molar-refractivity contribution in [2.24, 2.45) is 5.41 Å². The van der Waals surface area contributed by atoms with Crippen LogP contribution >= 0.6 is 11.6 Å². The van der Waals surface area contributed by atoms with E-state index in [1.807, 2.05) is 20.8 Å². The van der Waals surface area contributed by atoms with Crippen LogP contribution in [0.4, 0.5) is 4.79 Å². The molecule has 0 amide bonds. The zero-order valence-corrected chi connectivity index (χ0v) is 11.3. The third-order valence-corrected chi connectivity index (χ3v) is 2.14. The molecule has 0 aliphatic carbocycles. The molecule has 0 aromatic heterocycles. The molecule has 0 saturated carbocycles. The highest BCUT2D eigenvalue weighted by Crippen LogP contribution is 2.13. The molecule has 0 fully saturated rings. The summed E-state index contributed by atoms with van der Waals surface area (Å²) in [5.74, 6) is 0.703. The van der Waals surface area contributed by atoms with Gasteiger partial charge in [-0.25, -0.2) is 4.79 Å². The van der Waals surface area contributed by atoms with Gasteiger partial charge < -0.3 is 9.47 Å². The molecule has 0 spiro atoms. The molecule has 3 nitrogen and oxygen atoms in total. The van der Waals surface area contributed by atoms with Crippen molar-refractivity contribution in [2.45, 2.75) is 46.5 Å². The Labute approximate surface area is 103 Å². The minimum Gasteiger partial charge on any atom is -0.434 e. The van der Waals surface area contributed by atoms with Crippen LogP contribution in [0.2, 0.25) is 0 Å². The molecular formula is C12H23ClO3. The summed E-state index contributed by atoms with van der Waals surface area (Å²) in [4.78, 5) is 11.1. The highest BCUT2D eigenvalue weighted by atomic mass is 35.5. The van der Waals surface area contributed by atoms with Gasteiger partial charge in [-0.15, -0.1) is 11.6 Å². The molecule has 0 aromatic rings. The van der Waals surface area contributed by atoms with Crippen molar-refractivity contribution in [3.8, 4) is 0 Å². The maximum atomic E-state index is 11.1. The molecule has 0 heterocycles. The fraction of sp³-hybridized carbons (Fsp3) is 0.917. The van der Waals surface area contributed by atoms with Gasteiger partial charge in [-0.2, -0.15) is 0 Å². The first-order chi connectivity index (χ1) is 7.45. The number of carbonyl (C=O) groups is 1. The molecule has 0 unspecified atom stereocenters. The lowest BCUT2D eigenvalue weighted by Crippen LogP contribution is -2.19. The van der Waals surface area contributed by atoms with E-state index in [4.69, 9.17) is 21.1 Å². The van der Waals surface area contributed by atoms with E-state index in [9.17, 15) is 4.79 Å². The lowest BCUT2D eigenvalue weighted by molar-refractivity contribution is 0.0324. The summed E-state index contributed by atoms with van der Waals surface area (Å²) < 4.78 is 9.88. The molecule has 0 aliphatic rings. The van der Waals surface area contributed by atoms with Gasteiger partial charge in [0.15, 0.2) is 0 Å². The number of ether oxygens (including phenoxy) is 2. The molecule has 0 bridgehead atoms. The Bertz CT molecular complexity index is 187. The minimum atomic E-state index is -0.563. The third kappa shape index (κ3) is 11.6. The minimum absolute atomic E-state index is 0.0145. The van der Waals surface area contributed by atoms with Crippen molar-refractivity contribution in [1.29, 1.82) is 0 Å². The maximum absolute atomic E-state index is 11.1. The van der Waals surface area contributed by atoms with Gasteiger partial charge in [-0.05, 0) is 18.3 Å². The Morgan fingerprint density at radius 3 is 2.25 bits per heavy atom. The summed E-state index contributed by atoms with van der Waals surface area (Å²) in [6, 6.07) is 0. The van der Waals surface area contributed by atoms with Crippen LogP contribution in [0.1, 0.15) is 46.5 Å². The van der Waals surface area contributed by atoms with Crippen LogP contribution < -0.4 is 0 Å². The molecule has 0 saturated heterocycles. The average molecular weight is 251 g/mol. The standard InChI is InChI=1S/C12H23ClO3/c1-12(2,3)10-16-11(14)15-9-7-5-4-6-8-13/h4-10H2,1-3H3. The van der Waals surface area contributed by atoms with E-state index in [-0.39, 0.29) is 5.41 Å². The Morgan fingerprint density at radius 2 is 1.69 bits per heavy atom. The zero-order chi connectivity index (χ0) is 12.4. The van der Waals surface area contributed by atoms with Crippen LogP contribution in [0, 0.1) is 5.41 Å². The van der Waals surface area contributed by atoms with Crippen molar-refractivity contribution in [1.82, 2.24) is 0 Å². The highest BCUT2D eigenvalue weighted by Gasteiger charge is 2.14. The normalized spacial score (nSPS) is 11.2. The van der Waals surface area contributed by atoms with E-state index in [0.29, 0.717) is 19.1 Å². The van der Waals surface area contributed by atoms with Gasteiger partial charge in [0, 0.05) is 5.88 Å². The summed E-state index contributed by atoms with van der Waals surface area (Å²) in [7, 11) is 0. The molecule has 0 rings (SSSR count). The Kier molecular flexibility index (Phi) is 8.44. The van der Waals surface area contributed by atoms with E-state index in [1.54, 1.807) is 0 Å². The van der Waals surface area contributed by atoms with Gasteiger partial charge in [0.1, 0.15) is 0 Å². The van der Waals surface area contributed by atoms with Crippen LogP contribution in [0.3, 0.4) is 0 Å². The number of rotatable bonds is 7. The Morgan fingerprint density at radius 1 is 1.06 bits per heavy atom. The monoisotopic (exact) mass is 250 g/mol. The molecule has 0 atom stereocenters. The van der Waals surface area contributed by atoms with Gasteiger partial charge in [0.05, 0.1) is 13.2 Å². The molecule has 96 valence electrons. The number of carbonyl (C=O) groups excluding carboxylic acids is 1. The van der Waals surface area contributed by atoms with Gasteiger partial charge >= 0.3 is 6.16 Å². The van der Waals surface area contributed by atoms with Crippen LogP contribution in [0.15, 0.2) is 0 Å². The molecule has 0 N–H and O–H groups in total. The van der Waals surface area contributed by atoms with Crippen LogP contribution in [0.5, 0.6) is 0 Å². The van der Waals surface area contributed by atoms with E-state index >= 15 is 0 Å². The van der Waals surface area contributed by atoms with Gasteiger partial charge in [0.25, 0.3) is 0 Å². The first-order valence-electron chi connectivity index (χ1n) is 5.81. The summed E-state index contributed by atoms with van der Waals surface area (Å²) in [6.07, 6.45) is 3.47. The predicted octanol–water partition coefficient (Wildman–Crippen LogP) is 3.98. The number of hydrogen-bond donors (Lipinski definition) is 0. The van der Waals surface area contributed by atoms with Gasteiger partial charge in [-0.3, -0.25) is 0 Å². The fourth-order valence-electron chi connectivity index (χ4n) is 1.02. The number of unbranched alkanes of at least 4 members (excludes halogenated alkanes) is 3. The van der Waals surface area contributed by atoms with Crippen molar-refractivity contribution in [3.63, 3.8) is 0 Å². The van der Waals surface area contributed by atoms with Crippen LogP contribution in [0.25, 0.3) is 0 Å².